The third kappa shape index (κ3) is 2.54. The van der Waals surface area contributed by atoms with E-state index in [0.29, 0.717) is 5.82 Å². The van der Waals surface area contributed by atoms with E-state index in [0.717, 1.165) is 17.5 Å². The van der Waals surface area contributed by atoms with Gasteiger partial charge in [-0.25, -0.2) is 0 Å². The van der Waals surface area contributed by atoms with Gasteiger partial charge in [-0.05, 0) is 25.0 Å². The SMILES string of the molecule is COC(C)(C)Cc1ccccc1-c1cn[nH]c1N. The highest BCUT2D eigenvalue weighted by atomic mass is 16.5. The maximum atomic E-state index is 5.89. The Morgan fingerprint density at radius 1 is 1.28 bits per heavy atom. The molecule has 0 unspecified atom stereocenters. The van der Waals surface area contributed by atoms with Gasteiger partial charge >= 0.3 is 0 Å². The molecule has 1 heterocycles. The second-order valence-corrected chi connectivity index (χ2v) is 5.00. The molecule has 18 heavy (non-hydrogen) atoms. The quantitative estimate of drug-likeness (QED) is 0.870. The average Bonchev–Trinajstić information content (AvgIpc) is 2.76. The summed E-state index contributed by atoms with van der Waals surface area (Å²) in [4.78, 5) is 0. The number of ether oxygens (including phenoxy) is 1. The lowest BCUT2D eigenvalue weighted by Crippen LogP contribution is -2.25. The molecule has 0 aliphatic rings. The Kier molecular flexibility index (Phi) is 3.39. The third-order valence-electron chi connectivity index (χ3n) is 3.15. The number of H-pyrrole nitrogens is 1. The van der Waals surface area contributed by atoms with Crippen LogP contribution in [0.1, 0.15) is 19.4 Å². The van der Waals surface area contributed by atoms with Crippen LogP contribution >= 0.6 is 0 Å². The van der Waals surface area contributed by atoms with Crippen LogP contribution in [-0.4, -0.2) is 22.9 Å². The first kappa shape index (κ1) is 12.6. The lowest BCUT2D eigenvalue weighted by molar-refractivity contribution is 0.0233. The normalized spacial score (nSPS) is 11.7. The molecule has 0 bridgehead atoms. The monoisotopic (exact) mass is 245 g/mol. The molecule has 2 rings (SSSR count). The fraction of sp³-hybridized carbons (Fsp3) is 0.357. The predicted octanol–water partition coefficient (Wildman–Crippen LogP) is 2.63. The van der Waals surface area contributed by atoms with Crippen molar-refractivity contribution in [2.45, 2.75) is 25.9 Å². The van der Waals surface area contributed by atoms with Gasteiger partial charge in [0.05, 0.1) is 11.8 Å². The summed E-state index contributed by atoms with van der Waals surface area (Å²) >= 11 is 0. The Bertz CT molecular complexity index is 531. The van der Waals surface area contributed by atoms with Crippen molar-refractivity contribution in [3.8, 4) is 11.1 Å². The molecule has 0 saturated carbocycles. The molecular formula is C14H19N3O. The summed E-state index contributed by atoms with van der Waals surface area (Å²) < 4.78 is 5.49. The van der Waals surface area contributed by atoms with E-state index >= 15 is 0 Å². The minimum Gasteiger partial charge on any atom is -0.384 e. The molecule has 0 atom stereocenters. The number of benzene rings is 1. The number of nitrogens with zero attached hydrogens (tertiary/aromatic N) is 1. The van der Waals surface area contributed by atoms with Gasteiger partial charge in [0.15, 0.2) is 0 Å². The zero-order valence-electron chi connectivity index (χ0n) is 11.0. The first-order valence-electron chi connectivity index (χ1n) is 5.96. The van der Waals surface area contributed by atoms with E-state index in [9.17, 15) is 0 Å². The van der Waals surface area contributed by atoms with Crippen LogP contribution in [0.3, 0.4) is 0 Å². The molecule has 0 aliphatic carbocycles. The van der Waals surface area contributed by atoms with Crippen LogP contribution in [0.15, 0.2) is 30.5 Å². The van der Waals surface area contributed by atoms with E-state index in [2.05, 4.69) is 36.2 Å². The number of methoxy groups -OCH3 is 1. The number of nitrogens with one attached hydrogen (secondary N) is 1. The van der Waals surface area contributed by atoms with Crippen molar-refractivity contribution < 1.29 is 4.74 Å². The van der Waals surface area contributed by atoms with Gasteiger partial charge in [0.25, 0.3) is 0 Å². The van der Waals surface area contributed by atoms with Gasteiger partial charge < -0.3 is 10.5 Å². The highest BCUT2D eigenvalue weighted by molar-refractivity contribution is 5.75. The van der Waals surface area contributed by atoms with Crippen molar-refractivity contribution in [1.82, 2.24) is 10.2 Å². The molecule has 0 amide bonds. The van der Waals surface area contributed by atoms with Gasteiger partial charge in [0, 0.05) is 19.1 Å². The Balaban J connectivity index is 2.41. The van der Waals surface area contributed by atoms with Crippen molar-refractivity contribution in [3.63, 3.8) is 0 Å². The second kappa shape index (κ2) is 4.82. The van der Waals surface area contributed by atoms with Crippen LogP contribution in [0, 0.1) is 0 Å². The van der Waals surface area contributed by atoms with Gasteiger partial charge in [-0.2, -0.15) is 5.10 Å². The predicted molar refractivity (Wildman–Crippen MR) is 73.2 cm³/mol. The molecule has 0 radical (unpaired) electrons. The number of aromatic nitrogens is 2. The summed E-state index contributed by atoms with van der Waals surface area (Å²) in [6.07, 6.45) is 2.58. The number of hydrogen-bond donors (Lipinski definition) is 2. The maximum absolute atomic E-state index is 5.89. The molecule has 0 fully saturated rings. The van der Waals surface area contributed by atoms with Crippen molar-refractivity contribution in [3.05, 3.63) is 36.0 Å². The fourth-order valence-electron chi connectivity index (χ4n) is 1.98. The third-order valence-corrected chi connectivity index (χ3v) is 3.15. The molecule has 0 aliphatic heterocycles. The second-order valence-electron chi connectivity index (χ2n) is 5.00. The summed E-state index contributed by atoms with van der Waals surface area (Å²) in [5, 5.41) is 6.74. The number of nitrogens with two attached hydrogens (primary N) is 1. The van der Waals surface area contributed by atoms with Crippen LogP contribution in [0.4, 0.5) is 5.82 Å². The minimum absolute atomic E-state index is 0.200. The number of anilines is 1. The Morgan fingerprint density at radius 2 is 2.00 bits per heavy atom. The highest BCUT2D eigenvalue weighted by Gasteiger charge is 2.20. The van der Waals surface area contributed by atoms with Crippen molar-refractivity contribution in [2.75, 3.05) is 12.8 Å². The van der Waals surface area contributed by atoms with Crippen LogP contribution in [0.25, 0.3) is 11.1 Å². The summed E-state index contributed by atoms with van der Waals surface area (Å²) in [6, 6.07) is 8.19. The highest BCUT2D eigenvalue weighted by Crippen LogP contribution is 2.30. The van der Waals surface area contributed by atoms with E-state index < -0.39 is 0 Å². The van der Waals surface area contributed by atoms with Gasteiger partial charge in [0.1, 0.15) is 5.82 Å². The average molecular weight is 245 g/mol. The molecule has 96 valence electrons. The molecule has 0 spiro atoms. The van der Waals surface area contributed by atoms with E-state index in [4.69, 9.17) is 10.5 Å². The van der Waals surface area contributed by atoms with E-state index in [1.165, 1.54) is 5.56 Å². The number of rotatable bonds is 4. The standard InChI is InChI=1S/C14H19N3O/c1-14(2,18-3)8-10-6-4-5-7-11(10)12-9-16-17-13(12)15/h4-7,9H,8H2,1-3H3,(H3,15,16,17). The Hall–Kier alpha value is -1.81. The van der Waals surface area contributed by atoms with Crippen molar-refractivity contribution >= 4 is 5.82 Å². The fourth-order valence-corrected chi connectivity index (χ4v) is 1.98. The van der Waals surface area contributed by atoms with Gasteiger partial charge in [-0.15, -0.1) is 0 Å². The summed E-state index contributed by atoms with van der Waals surface area (Å²) in [5.74, 6) is 0.595. The zero-order chi connectivity index (χ0) is 13.2. The van der Waals surface area contributed by atoms with Crippen molar-refractivity contribution in [2.24, 2.45) is 0 Å². The summed E-state index contributed by atoms with van der Waals surface area (Å²) in [6.45, 7) is 4.14. The number of nitrogen functional groups attached to an aromatic ring is 1. The molecule has 4 nitrogen and oxygen atoms in total. The van der Waals surface area contributed by atoms with Gasteiger partial charge in [-0.3, -0.25) is 5.10 Å². The first-order chi connectivity index (χ1) is 8.53. The molecular weight excluding hydrogens is 226 g/mol. The molecule has 0 saturated heterocycles. The molecule has 4 heteroatoms. The van der Waals surface area contributed by atoms with E-state index in [-0.39, 0.29) is 5.60 Å². The van der Waals surface area contributed by atoms with Crippen LogP contribution in [0.5, 0.6) is 0 Å². The zero-order valence-corrected chi connectivity index (χ0v) is 11.0. The molecule has 1 aromatic heterocycles. The van der Waals surface area contributed by atoms with Crippen LogP contribution in [0.2, 0.25) is 0 Å². The van der Waals surface area contributed by atoms with Crippen LogP contribution in [-0.2, 0) is 11.2 Å². The van der Waals surface area contributed by atoms with Crippen LogP contribution < -0.4 is 5.73 Å². The van der Waals surface area contributed by atoms with Gasteiger partial charge in [0.2, 0.25) is 0 Å². The van der Waals surface area contributed by atoms with E-state index in [1.807, 2.05) is 12.1 Å². The van der Waals surface area contributed by atoms with E-state index in [1.54, 1.807) is 13.3 Å². The molecule has 2 aromatic rings. The first-order valence-corrected chi connectivity index (χ1v) is 5.96. The smallest absolute Gasteiger partial charge is 0.126 e. The number of aromatic amines is 1. The lowest BCUT2D eigenvalue weighted by atomic mass is 9.92. The lowest BCUT2D eigenvalue weighted by Gasteiger charge is -2.24. The summed E-state index contributed by atoms with van der Waals surface area (Å²) in [5.41, 5.74) is 8.94. The molecule has 1 aromatic carbocycles. The maximum Gasteiger partial charge on any atom is 0.126 e. The molecule has 3 N–H and O–H groups in total. The largest absolute Gasteiger partial charge is 0.384 e. The Morgan fingerprint density at radius 3 is 2.61 bits per heavy atom. The summed E-state index contributed by atoms with van der Waals surface area (Å²) in [7, 11) is 1.73. The van der Waals surface area contributed by atoms with Gasteiger partial charge in [-0.1, -0.05) is 24.3 Å². The van der Waals surface area contributed by atoms with Crippen molar-refractivity contribution in [1.29, 1.82) is 0 Å². The number of hydrogen-bond acceptors (Lipinski definition) is 3. The minimum atomic E-state index is -0.200. The Labute approximate surface area is 107 Å². The topological polar surface area (TPSA) is 63.9 Å².